The van der Waals surface area contributed by atoms with Crippen molar-refractivity contribution in [3.05, 3.63) is 58.2 Å². The number of benzene rings is 1. The summed E-state index contributed by atoms with van der Waals surface area (Å²) in [4.78, 5) is 15.9. The molecule has 0 amide bonds. The molecule has 0 aliphatic rings. The fourth-order valence-corrected chi connectivity index (χ4v) is 2.52. The van der Waals surface area contributed by atoms with Gasteiger partial charge in [-0.1, -0.05) is 34.1 Å². The van der Waals surface area contributed by atoms with E-state index in [1.165, 1.54) is 0 Å². The second-order valence-electron chi connectivity index (χ2n) is 4.56. The second kappa shape index (κ2) is 7.22. The summed E-state index contributed by atoms with van der Waals surface area (Å²) in [6, 6.07) is 12.8. The van der Waals surface area contributed by atoms with Crippen molar-refractivity contribution in [1.29, 1.82) is 0 Å². The number of halogens is 1. The third-order valence-electron chi connectivity index (χ3n) is 3.02. The van der Waals surface area contributed by atoms with E-state index < -0.39 is 11.9 Å². The van der Waals surface area contributed by atoms with E-state index in [0.717, 1.165) is 10.0 Å². The first-order valence-electron chi connectivity index (χ1n) is 6.67. The van der Waals surface area contributed by atoms with Crippen LogP contribution in [-0.4, -0.2) is 22.7 Å². The molecule has 2 rings (SSSR count). The van der Waals surface area contributed by atoms with E-state index in [-0.39, 0.29) is 0 Å². The Kier molecular flexibility index (Phi) is 5.33. The lowest BCUT2D eigenvalue weighted by Gasteiger charge is -2.13. The fourth-order valence-electron chi connectivity index (χ4n) is 2.07. The number of ether oxygens (including phenoxy) is 1. The molecule has 1 heterocycles. The molecule has 0 aliphatic carbocycles. The Morgan fingerprint density at radius 2 is 2.10 bits per heavy atom. The van der Waals surface area contributed by atoms with Crippen molar-refractivity contribution in [3.8, 4) is 5.88 Å². The predicted octanol–water partition coefficient (Wildman–Crippen LogP) is 3.65. The maximum atomic E-state index is 11.6. The summed E-state index contributed by atoms with van der Waals surface area (Å²) in [5, 5.41) is 9.49. The Hall–Kier alpha value is -1.88. The van der Waals surface area contributed by atoms with E-state index in [0.29, 0.717) is 24.6 Å². The van der Waals surface area contributed by atoms with Crippen LogP contribution in [0.2, 0.25) is 0 Å². The summed E-state index contributed by atoms with van der Waals surface area (Å²) in [5.74, 6) is -1.13. The number of nitrogens with zero attached hydrogens (tertiary/aromatic N) is 1. The number of aromatic nitrogens is 1. The number of pyridine rings is 1. The quantitative estimate of drug-likeness (QED) is 0.864. The average molecular weight is 350 g/mol. The molecule has 1 unspecified atom stereocenters. The van der Waals surface area contributed by atoms with Crippen LogP contribution in [0.1, 0.15) is 24.1 Å². The Morgan fingerprint density at radius 1 is 1.33 bits per heavy atom. The maximum Gasteiger partial charge on any atom is 0.312 e. The highest BCUT2D eigenvalue weighted by Crippen LogP contribution is 2.23. The van der Waals surface area contributed by atoms with Crippen molar-refractivity contribution in [3.63, 3.8) is 0 Å². The maximum absolute atomic E-state index is 11.6. The van der Waals surface area contributed by atoms with Crippen LogP contribution in [0.15, 0.2) is 46.9 Å². The number of aliphatic carboxylic acids is 1. The van der Waals surface area contributed by atoms with Crippen molar-refractivity contribution in [2.24, 2.45) is 0 Å². The van der Waals surface area contributed by atoms with Gasteiger partial charge in [-0.3, -0.25) is 4.79 Å². The normalized spacial score (nSPS) is 11.9. The zero-order valence-corrected chi connectivity index (χ0v) is 13.2. The smallest absolute Gasteiger partial charge is 0.312 e. The molecule has 0 saturated heterocycles. The molecular weight excluding hydrogens is 334 g/mol. The van der Waals surface area contributed by atoms with Crippen LogP contribution in [0.5, 0.6) is 5.88 Å². The molecule has 21 heavy (non-hydrogen) atoms. The minimum atomic E-state index is -0.892. The van der Waals surface area contributed by atoms with Crippen molar-refractivity contribution in [2.45, 2.75) is 19.3 Å². The van der Waals surface area contributed by atoms with Gasteiger partial charge in [0.05, 0.1) is 12.3 Å². The number of carboxylic acid groups (broad SMARTS) is 1. The predicted molar refractivity (Wildman–Crippen MR) is 83.6 cm³/mol. The van der Waals surface area contributed by atoms with Gasteiger partial charge in [-0.25, -0.2) is 4.98 Å². The lowest BCUT2D eigenvalue weighted by Crippen LogP contribution is -2.16. The molecule has 4 nitrogen and oxygen atoms in total. The summed E-state index contributed by atoms with van der Waals surface area (Å²) < 4.78 is 6.26. The lowest BCUT2D eigenvalue weighted by atomic mass is 9.96. The van der Waals surface area contributed by atoms with E-state index in [1.54, 1.807) is 18.2 Å². The summed E-state index contributed by atoms with van der Waals surface area (Å²) in [6.07, 6.45) is 0.386. The minimum Gasteiger partial charge on any atom is -0.481 e. The van der Waals surface area contributed by atoms with Crippen LogP contribution in [0, 0.1) is 0 Å². The second-order valence-corrected chi connectivity index (χ2v) is 5.47. The van der Waals surface area contributed by atoms with Gasteiger partial charge in [0.1, 0.15) is 5.92 Å². The number of carbonyl (C=O) groups is 1. The third-order valence-corrected chi connectivity index (χ3v) is 3.51. The van der Waals surface area contributed by atoms with Crippen LogP contribution >= 0.6 is 15.9 Å². The molecule has 0 bridgehead atoms. The van der Waals surface area contributed by atoms with Crippen LogP contribution in [0.3, 0.4) is 0 Å². The molecular formula is C16H16BrNO3. The van der Waals surface area contributed by atoms with Crippen molar-refractivity contribution >= 4 is 21.9 Å². The molecule has 1 aromatic carbocycles. The largest absolute Gasteiger partial charge is 0.481 e. The lowest BCUT2D eigenvalue weighted by molar-refractivity contribution is -0.138. The van der Waals surface area contributed by atoms with Crippen LogP contribution in [0.4, 0.5) is 0 Å². The number of rotatable bonds is 6. The van der Waals surface area contributed by atoms with Gasteiger partial charge in [0.25, 0.3) is 0 Å². The van der Waals surface area contributed by atoms with Crippen LogP contribution in [-0.2, 0) is 11.2 Å². The highest BCUT2D eigenvalue weighted by atomic mass is 79.9. The number of hydrogen-bond donors (Lipinski definition) is 1. The zero-order chi connectivity index (χ0) is 15.2. The average Bonchev–Trinajstić information content (AvgIpc) is 2.45. The number of carboxylic acids is 1. The van der Waals surface area contributed by atoms with Gasteiger partial charge >= 0.3 is 5.97 Å². The first-order chi connectivity index (χ1) is 10.1. The molecule has 1 aromatic heterocycles. The monoisotopic (exact) mass is 349 g/mol. The van der Waals surface area contributed by atoms with Crippen molar-refractivity contribution in [1.82, 2.24) is 4.98 Å². The molecule has 0 spiro atoms. The van der Waals surface area contributed by atoms with Gasteiger partial charge in [0, 0.05) is 10.5 Å². The molecule has 2 aromatic rings. The number of hydrogen-bond acceptors (Lipinski definition) is 3. The van der Waals surface area contributed by atoms with Crippen LogP contribution in [0.25, 0.3) is 0 Å². The van der Waals surface area contributed by atoms with Crippen molar-refractivity contribution in [2.75, 3.05) is 6.61 Å². The summed E-state index contributed by atoms with van der Waals surface area (Å²) >= 11 is 3.39. The van der Waals surface area contributed by atoms with E-state index >= 15 is 0 Å². The Labute approximate surface area is 131 Å². The topological polar surface area (TPSA) is 59.4 Å². The first-order valence-corrected chi connectivity index (χ1v) is 7.46. The van der Waals surface area contributed by atoms with Gasteiger partial charge in [-0.2, -0.15) is 0 Å². The molecule has 0 radical (unpaired) electrons. The van der Waals surface area contributed by atoms with Gasteiger partial charge in [-0.05, 0) is 37.1 Å². The summed E-state index contributed by atoms with van der Waals surface area (Å²) in [5.41, 5.74) is 1.45. The Balaban J connectivity index is 2.26. The summed E-state index contributed by atoms with van der Waals surface area (Å²) in [6.45, 7) is 2.37. The van der Waals surface area contributed by atoms with Crippen molar-refractivity contribution < 1.29 is 14.6 Å². The van der Waals surface area contributed by atoms with Gasteiger partial charge in [0.15, 0.2) is 0 Å². The highest BCUT2D eigenvalue weighted by Gasteiger charge is 2.22. The third kappa shape index (κ3) is 4.29. The van der Waals surface area contributed by atoms with E-state index in [2.05, 4.69) is 20.9 Å². The zero-order valence-electron chi connectivity index (χ0n) is 11.6. The van der Waals surface area contributed by atoms with E-state index in [4.69, 9.17) is 4.74 Å². The molecule has 5 heteroatoms. The Morgan fingerprint density at radius 3 is 2.76 bits per heavy atom. The minimum absolute atomic E-state index is 0.386. The van der Waals surface area contributed by atoms with Gasteiger partial charge < -0.3 is 9.84 Å². The molecule has 0 saturated carbocycles. The first kappa shape index (κ1) is 15.5. The summed E-state index contributed by atoms with van der Waals surface area (Å²) in [7, 11) is 0. The molecule has 1 atom stereocenters. The van der Waals surface area contributed by atoms with Gasteiger partial charge in [-0.15, -0.1) is 0 Å². The molecule has 1 N–H and O–H groups in total. The van der Waals surface area contributed by atoms with Crippen LogP contribution < -0.4 is 4.74 Å². The molecule has 0 fully saturated rings. The van der Waals surface area contributed by atoms with E-state index in [9.17, 15) is 9.90 Å². The molecule has 0 aliphatic heterocycles. The Bertz CT molecular complexity index is 630. The fraction of sp³-hybridized carbons (Fsp3) is 0.250. The van der Waals surface area contributed by atoms with Gasteiger partial charge in [0.2, 0.25) is 5.88 Å². The SMILES string of the molecule is CCOc1cccc(C(Cc2cccc(Br)c2)C(=O)O)n1. The van der Waals surface area contributed by atoms with E-state index in [1.807, 2.05) is 31.2 Å². The standard InChI is InChI=1S/C16H16BrNO3/c1-2-21-15-8-4-7-14(18-15)13(16(19)20)10-11-5-3-6-12(17)9-11/h3-9,13H,2,10H2,1H3,(H,19,20). The molecule has 110 valence electrons. The highest BCUT2D eigenvalue weighted by molar-refractivity contribution is 9.10.